The topological polar surface area (TPSA) is 113 Å². The second-order valence-corrected chi connectivity index (χ2v) is 7.65. The monoisotopic (exact) mass is 429 g/mol. The number of likely N-dealkylation sites (tertiary alicyclic amines) is 1. The number of fused-ring (bicyclic) bond motifs is 1. The Morgan fingerprint density at radius 3 is 2.90 bits per heavy atom. The number of H-pyrrole nitrogens is 1. The zero-order valence-corrected chi connectivity index (χ0v) is 17.8. The largest absolute Gasteiger partial charge is 0.469 e. The van der Waals surface area contributed by atoms with Gasteiger partial charge >= 0.3 is 0 Å². The molecule has 11 nitrogen and oxygen atoms in total. The Hall–Kier alpha value is -3.31. The third-order valence-corrected chi connectivity index (χ3v) is 5.83. The Morgan fingerprint density at radius 2 is 2.19 bits per heavy atom. The van der Waals surface area contributed by atoms with E-state index in [4.69, 9.17) is 4.74 Å². The van der Waals surface area contributed by atoms with Gasteiger partial charge in [-0.25, -0.2) is 5.43 Å². The average Bonchev–Trinajstić information content (AvgIpc) is 3.48. The molecule has 4 rings (SSSR count). The van der Waals surface area contributed by atoms with Gasteiger partial charge in [0.1, 0.15) is 18.0 Å². The fourth-order valence-corrected chi connectivity index (χ4v) is 4.11. The maximum Gasteiger partial charge on any atom is 0.272 e. The summed E-state index contributed by atoms with van der Waals surface area (Å²) in [5.74, 6) is 1.03. The number of nitrogens with zero attached hydrogens (tertiary/aromatic N) is 4. The predicted molar refractivity (Wildman–Crippen MR) is 112 cm³/mol. The van der Waals surface area contributed by atoms with Crippen LogP contribution in [0.4, 0.5) is 5.82 Å². The highest BCUT2D eigenvalue weighted by Crippen LogP contribution is 2.38. The van der Waals surface area contributed by atoms with Crippen LogP contribution in [0.5, 0.6) is 5.75 Å². The smallest absolute Gasteiger partial charge is 0.272 e. The number of ether oxygens (including phenoxy) is 1. The lowest BCUT2D eigenvalue weighted by Crippen LogP contribution is -2.48. The zero-order chi connectivity index (χ0) is 22.1. The van der Waals surface area contributed by atoms with Crippen LogP contribution in [0.2, 0.25) is 0 Å². The maximum atomic E-state index is 13.2. The first-order valence-corrected chi connectivity index (χ1v) is 10.2. The number of rotatable bonds is 6. The highest BCUT2D eigenvalue weighted by molar-refractivity contribution is 5.95. The summed E-state index contributed by atoms with van der Waals surface area (Å²) in [6.45, 7) is 2.39. The van der Waals surface area contributed by atoms with Crippen molar-refractivity contribution in [3.8, 4) is 5.75 Å². The summed E-state index contributed by atoms with van der Waals surface area (Å²) in [7, 11) is 3.45. The van der Waals surface area contributed by atoms with Gasteiger partial charge in [0.05, 0.1) is 0 Å². The molecule has 0 spiro atoms. The summed E-state index contributed by atoms with van der Waals surface area (Å²) in [6.07, 6.45) is 7.10. The van der Waals surface area contributed by atoms with Crippen molar-refractivity contribution >= 4 is 24.0 Å². The minimum atomic E-state index is -0.366. The summed E-state index contributed by atoms with van der Waals surface area (Å²) >= 11 is 0. The molecule has 2 atom stereocenters. The molecule has 166 valence electrons. The van der Waals surface area contributed by atoms with Crippen LogP contribution in [-0.2, 0) is 9.59 Å². The molecule has 0 aromatic carbocycles. The zero-order valence-electron chi connectivity index (χ0n) is 17.8. The summed E-state index contributed by atoms with van der Waals surface area (Å²) in [5.41, 5.74) is 7.07. The Bertz CT molecular complexity index is 940. The van der Waals surface area contributed by atoms with Gasteiger partial charge in [0.25, 0.3) is 5.91 Å². The molecule has 0 aliphatic carbocycles. The third-order valence-electron chi connectivity index (χ3n) is 5.83. The molecule has 2 unspecified atom stereocenters. The first kappa shape index (κ1) is 20.9. The Balaban J connectivity index is 1.55. The molecule has 3 amide bonds. The highest BCUT2D eigenvalue weighted by atomic mass is 16.5. The number of aromatic amines is 1. The molecule has 1 fully saturated rings. The standard InChI is InChI=1S/C20H27N7O4/c1-13(29)24(3)18-5-4-7-26(18)20(30)15-10-16-19(22-15)27(12-31-16)14-6-8-25(11-28)17(9-14)23-21-2/h6,8-11,17-18,21-23H,4-5,7,12H2,1-3H3. The van der Waals surface area contributed by atoms with E-state index < -0.39 is 0 Å². The number of allylic oxidation sites excluding steroid dienone is 1. The van der Waals surface area contributed by atoms with E-state index in [1.165, 1.54) is 11.8 Å². The van der Waals surface area contributed by atoms with Gasteiger partial charge in [-0.15, -0.1) is 0 Å². The fraction of sp³-hybridized carbons (Fsp3) is 0.450. The molecule has 1 saturated heterocycles. The van der Waals surface area contributed by atoms with Crippen molar-refractivity contribution in [3.63, 3.8) is 0 Å². The van der Waals surface area contributed by atoms with Crippen LogP contribution in [0.1, 0.15) is 30.3 Å². The van der Waals surface area contributed by atoms with E-state index in [0.29, 0.717) is 30.5 Å². The molecule has 31 heavy (non-hydrogen) atoms. The third kappa shape index (κ3) is 3.77. The lowest BCUT2D eigenvalue weighted by Gasteiger charge is -2.31. The van der Waals surface area contributed by atoms with E-state index in [-0.39, 0.29) is 24.1 Å². The van der Waals surface area contributed by atoms with Gasteiger partial charge in [-0.2, -0.15) is 0 Å². The molecular weight excluding hydrogens is 402 g/mol. The lowest BCUT2D eigenvalue weighted by molar-refractivity contribution is -0.131. The number of amides is 3. The Morgan fingerprint density at radius 1 is 1.39 bits per heavy atom. The van der Waals surface area contributed by atoms with Gasteiger partial charge in [-0.3, -0.25) is 24.7 Å². The molecule has 0 saturated carbocycles. The van der Waals surface area contributed by atoms with Crippen LogP contribution < -0.4 is 20.5 Å². The number of hydrogen-bond acceptors (Lipinski definition) is 7. The van der Waals surface area contributed by atoms with Crippen LogP contribution in [0.15, 0.2) is 30.1 Å². The fourth-order valence-electron chi connectivity index (χ4n) is 4.11. The molecule has 1 aromatic rings. The summed E-state index contributed by atoms with van der Waals surface area (Å²) in [4.78, 5) is 46.1. The molecule has 3 aliphatic heterocycles. The van der Waals surface area contributed by atoms with E-state index >= 15 is 0 Å². The normalized spacial score (nSPS) is 22.3. The molecule has 0 bridgehead atoms. The van der Waals surface area contributed by atoms with Crippen molar-refractivity contribution in [2.24, 2.45) is 0 Å². The van der Waals surface area contributed by atoms with Crippen molar-refractivity contribution in [2.75, 3.05) is 32.3 Å². The molecule has 3 aliphatic rings. The minimum absolute atomic E-state index is 0.0710. The van der Waals surface area contributed by atoms with Crippen molar-refractivity contribution < 1.29 is 19.1 Å². The van der Waals surface area contributed by atoms with Crippen molar-refractivity contribution in [2.45, 2.75) is 32.1 Å². The van der Waals surface area contributed by atoms with E-state index in [0.717, 1.165) is 24.9 Å². The summed E-state index contributed by atoms with van der Waals surface area (Å²) < 4.78 is 5.78. The summed E-state index contributed by atoms with van der Waals surface area (Å²) in [5, 5.41) is 0. The van der Waals surface area contributed by atoms with E-state index in [2.05, 4.69) is 15.8 Å². The van der Waals surface area contributed by atoms with Crippen LogP contribution in [0, 0.1) is 0 Å². The van der Waals surface area contributed by atoms with E-state index in [1.54, 1.807) is 42.2 Å². The van der Waals surface area contributed by atoms with Gasteiger partial charge in [0.2, 0.25) is 12.3 Å². The van der Waals surface area contributed by atoms with Crippen molar-refractivity contribution in [1.82, 2.24) is 30.5 Å². The molecular formula is C20H27N7O4. The average molecular weight is 429 g/mol. The molecule has 0 radical (unpaired) electrons. The van der Waals surface area contributed by atoms with Crippen molar-refractivity contribution in [3.05, 3.63) is 35.8 Å². The Kier molecular flexibility index (Phi) is 5.70. The lowest BCUT2D eigenvalue weighted by atomic mass is 10.2. The SMILES string of the molecule is CNNC1C=C(N2COc3cc(C(=O)N4CCCC4N(C)C(C)=O)[nH]c32)C=CN1C=O. The van der Waals surface area contributed by atoms with E-state index in [9.17, 15) is 14.4 Å². The quantitative estimate of drug-likeness (QED) is 0.435. The second kappa shape index (κ2) is 8.44. The van der Waals surface area contributed by atoms with Crippen LogP contribution in [-0.4, -0.2) is 77.6 Å². The second-order valence-electron chi connectivity index (χ2n) is 7.65. The van der Waals surface area contributed by atoms with Gasteiger partial charge in [-0.1, -0.05) is 0 Å². The summed E-state index contributed by atoms with van der Waals surface area (Å²) in [6, 6.07) is 1.70. The van der Waals surface area contributed by atoms with Crippen LogP contribution >= 0.6 is 0 Å². The van der Waals surface area contributed by atoms with Crippen molar-refractivity contribution in [1.29, 1.82) is 0 Å². The number of hydrogen-bond donors (Lipinski definition) is 3. The number of carbonyl (C=O) groups excluding carboxylic acids is 3. The minimum Gasteiger partial charge on any atom is -0.469 e. The first-order chi connectivity index (χ1) is 14.9. The number of nitrogens with one attached hydrogen (secondary N) is 3. The number of anilines is 1. The van der Waals surface area contributed by atoms with Crippen LogP contribution in [0.25, 0.3) is 0 Å². The molecule has 4 heterocycles. The number of aromatic nitrogens is 1. The van der Waals surface area contributed by atoms with Gasteiger partial charge in [0.15, 0.2) is 18.3 Å². The highest BCUT2D eigenvalue weighted by Gasteiger charge is 2.36. The Labute approximate surface area is 180 Å². The first-order valence-electron chi connectivity index (χ1n) is 10.2. The van der Waals surface area contributed by atoms with Gasteiger partial charge < -0.3 is 24.4 Å². The van der Waals surface area contributed by atoms with Gasteiger partial charge in [0, 0.05) is 38.5 Å². The van der Waals surface area contributed by atoms with E-state index in [1.807, 2.05) is 11.0 Å². The molecule has 11 heteroatoms. The molecule has 1 aromatic heterocycles. The number of hydrazine groups is 1. The maximum absolute atomic E-state index is 13.2. The molecule has 3 N–H and O–H groups in total. The van der Waals surface area contributed by atoms with Crippen LogP contribution in [0.3, 0.4) is 0 Å². The predicted octanol–water partition coefficient (Wildman–Crippen LogP) is 0.131. The van der Waals surface area contributed by atoms with Gasteiger partial charge in [-0.05, 0) is 32.0 Å². The number of carbonyl (C=O) groups is 3.